The second-order valence-electron chi connectivity index (χ2n) is 5.33. The molecule has 0 spiro atoms. The predicted octanol–water partition coefficient (Wildman–Crippen LogP) is 2.56. The maximum Gasteiger partial charge on any atom is 0.0687 e. The molecule has 0 aromatic heterocycles. The van der Waals surface area contributed by atoms with Gasteiger partial charge in [-0.05, 0) is 31.2 Å². The van der Waals surface area contributed by atoms with Crippen molar-refractivity contribution in [2.75, 3.05) is 13.1 Å². The predicted molar refractivity (Wildman–Crippen MR) is 64.9 cm³/mol. The molecule has 1 aliphatic rings. The topological polar surface area (TPSA) is 32.3 Å². The van der Waals surface area contributed by atoms with Crippen molar-refractivity contribution >= 4 is 0 Å². The lowest BCUT2D eigenvalue weighted by molar-refractivity contribution is 0.122. The molecule has 1 unspecified atom stereocenters. The summed E-state index contributed by atoms with van der Waals surface area (Å²) in [6.45, 7) is 5.99. The Kier molecular flexibility index (Phi) is 6.26. The van der Waals surface area contributed by atoms with E-state index >= 15 is 0 Å². The summed E-state index contributed by atoms with van der Waals surface area (Å²) < 4.78 is 0. The molecule has 90 valence electrons. The van der Waals surface area contributed by atoms with Crippen LogP contribution in [0, 0.1) is 11.8 Å². The normalized spacial score (nSPS) is 21.6. The highest BCUT2D eigenvalue weighted by molar-refractivity contribution is 4.69. The molecule has 1 atom stereocenters. The Morgan fingerprint density at radius 1 is 1.13 bits per heavy atom. The third-order valence-corrected chi connectivity index (χ3v) is 3.53. The smallest absolute Gasteiger partial charge is 0.0687 e. The van der Waals surface area contributed by atoms with Crippen molar-refractivity contribution in [3.63, 3.8) is 0 Å². The molecule has 0 saturated heterocycles. The number of hydrogen-bond donors (Lipinski definition) is 2. The van der Waals surface area contributed by atoms with Crippen LogP contribution in [0.5, 0.6) is 0 Å². The second kappa shape index (κ2) is 7.24. The van der Waals surface area contributed by atoms with Crippen LogP contribution in [-0.4, -0.2) is 24.3 Å². The highest BCUT2D eigenvalue weighted by Gasteiger charge is 2.13. The zero-order valence-electron chi connectivity index (χ0n) is 10.3. The van der Waals surface area contributed by atoms with Crippen LogP contribution >= 0.6 is 0 Å². The van der Waals surface area contributed by atoms with Crippen LogP contribution in [0.15, 0.2) is 0 Å². The van der Waals surface area contributed by atoms with Crippen molar-refractivity contribution in [3.8, 4) is 0 Å². The molecular formula is C13H27NO. The van der Waals surface area contributed by atoms with Crippen molar-refractivity contribution in [1.29, 1.82) is 0 Å². The van der Waals surface area contributed by atoms with Gasteiger partial charge in [-0.1, -0.05) is 39.5 Å². The first kappa shape index (κ1) is 13.0. The van der Waals surface area contributed by atoms with E-state index in [2.05, 4.69) is 19.2 Å². The Bertz CT molecular complexity index is 151. The largest absolute Gasteiger partial charge is 0.392 e. The van der Waals surface area contributed by atoms with E-state index in [1.54, 1.807) is 0 Å². The molecule has 2 heteroatoms. The van der Waals surface area contributed by atoms with E-state index in [0.717, 1.165) is 19.0 Å². The molecule has 2 N–H and O–H groups in total. The fourth-order valence-corrected chi connectivity index (χ4v) is 2.24. The molecule has 0 bridgehead atoms. The van der Waals surface area contributed by atoms with Crippen LogP contribution in [0.3, 0.4) is 0 Å². The van der Waals surface area contributed by atoms with Gasteiger partial charge in [0.25, 0.3) is 0 Å². The monoisotopic (exact) mass is 213 g/mol. The summed E-state index contributed by atoms with van der Waals surface area (Å²) in [5.74, 6) is 1.22. The Morgan fingerprint density at radius 2 is 1.73 bits per heavy atom. The van der Waals surface area contributed by atoms with Gasteiger partial charge in [0.1, 0.15) is 0 Å². The molecule has 0 radical (unpaired) electrons. The summed E-state index contributed by atoms with van der Waals surface area (Å²) in [6.07, 6.45) is 8.22. The van der Waals surface area contributed by atoms with Crippen molar-refractivity contribution < 1.29 is 5.11 Å². The lowest BCUT2D eigenvalue weighted by Gasteiger charge is -2.18. The quantitative estimate of drug-likeness (QED) is 0.688. The van der Waals surface area contributed by atoms with Gasteiger partial charge in [0.15, 0.2) is 0 Å². The minimum Gasteiger partial charge on any atom is -0.392 e. The van der Waals surface area contributed by atoms with Crippen LogP contribution in [0.2, 0.25) is 0 Å². The minimum absolute atomic E-state index is 0.184. The fourth-order valence-electron chi connectivity index (χ4n) is 2.24. The van der Waals surface area contributed by atoms with E-state index in [1.807, 2.05) is 0 Å². The van der Waals surface area contributed by atoms with E-state index in [0.29, 0.717) is 5.92 Å². The van der Waals surface area contributed by atoms with E-state index in [-0.39, 0.29) is 6.10 Å². The molecule has 15 heavy (non-hydrogen) atoms. The average molecular weight is 213 g/mol. The Labute approximate surface area is 94.5 Å². The summed E-state index contributed by atoms with van der Waals surface area (Å²) in [6, 6.07) is 0. The van der Waals surface area contributed by atoms with Gasteiger partial charge < -0.3 is 10.4 Å². The van der Waals surface area contributed by atoms with Gasteiger partial charge in [-0.25, -0.2) is 0 Å². The standard InChI is InChI=1S/C13H27NO/c1-11(2)13(15)10-14-9-12-7-5-3-4-6-8-12/h11-15H,3-10H2,1-2H3. The number of nitrogens with one attached hydrogen (secondary N) is 1. The molecule has 1 fully saturated rings. The van der Waals surface area contributed by atoms with Crippen molar-refractivity contribution in [1.82, 2.24) is 5.32 Å². The molecule has 0 aliphatic heterocycles. The van der Waals surface area contributed by atoms with Crippen molar-refractivity contribution in [2.45, 2.75) is 58.5 Å². The summed E-state index contributed by atoms with van der Waals surface area (Å²) in [5.41, 5.74) is 0. The molecule has 0 aromatic rings. The molecular weight excluding hydrogens is 186 g/mol. The Balaban J connectivity index is 2.07. The molecule has 0 heterocycles. The lowest BCUT2D eigenvalue weighted by atomic mass is 10.00. The first-order chi connectivity index (χ1) is 7.20. The maximum absolute atomic E-state index is 9.65. The second-order valence-corrected chi connectivity index (χ2v) is 5.33. The fraction of sp³-hybridized carbons (Fsp3) is 1.00. The van der Waals surface area contributed by atoms with E-state index < -0.39 is 0 Å². The van der Waals surface area contributed by atoms with Crippen LogP contribution in [0.25, 0.3) is 0 Å². The highest BCUT2D eigenvalue weighted by Crippen LogP contribution is 2.21. The SMILES string of the molecule is CC(C)C(O)CNCC1CCCCCC1. The van der Waals surface area contributed by atoms with Crippen LogP contribution in [0.1, 0.15) is 52.4 Å². The Hall–Kier alpha value is -0.0800. The third kappa shape index (κ3) is 5.53. The summed E-state index contributed by atoms with van der Waals surface area (Å²) in [5, 5.41) is 13.1. The van der Waals surface area contributed by atoms with Gasteiger partial charge >= 0.3 is 0 Å². The van der Waals surface area contributed by atoms with Crippen molar-refractivity contribution in [2.24, 2.45) is 11.8 Å². The number of hydrogen-bond acceptors (Lipinski definition) is 2. The highest BCUT2D eigenvalue weighted by atomic mass is 16.3. The first-order valence-electron chi connectivity index (χ1n) is 6.59. The van der Waals surface area contributed by atoms with Gasteiger partial charge in [-0.3, -0.25) is 0 Å². The van der Waals surface area contributed by atoms with E-state index in [4.69, 9.17) is 0 Å². The van der Waals surface area contributed by atoms with Gasteiger partial charge in [0.2, 0.25) is 0 Å². The van der Waals surface area contributed by atoms with Crippen LogP contribution < -0.4 is 5.32 Å². The van der Waals surface area contributed by atoms with Gasteiger partial charge in [0, 0.05) is 6.54 Å². The molecule has 1 saturated carbocycles. The third-order valence-electron chi connectivity index (χ3n) is 3.53. The van der Waals surface area contributed by atoms with Crippen molar-refractivity contribution in [3.05, 3.63) is 0 Å². The van der Waals surface area contributed by atoms with Gasteiger partial charge in [-0.2, -0.15) is 0 Å². The zero-order valence-corrected chi connectivity index (χ0v) is 10.3. The van der Waals surface area contributed by atoms with E-state index in [9.17, 15) is 5.11 Å². The van der Waals surface area contributed by atoms with Crippen LogP contribution in [0.4, 0.5) is 0 Å². The number of aliphatic hydroxyl groups excluding tert-OH is 1. The summed E-state index contributed by atoms with van der Waals surface area (Å²) >= 11 is 0. The van der Waals surface area contributed by atoms with Gasteiger partial charge in [-0.15, -0.1) is 0 Å². The van der Waals surface area contributed by atoms with Gasteiger partial charge in [0.05, 0.1) is 6.10 Å². The zero-order chi connectivity index (χ0) is 11.1. The lowest BCUT2D eigenvalue weighted by Crippen LogP contribution is -2.33. The minimum atomic E-state index is -0.184. The Morgan fingerprint density at radius 3 is 2.27 bits per heavy atom. The number of aliphatic hydroxyl groups is 1. The van der Waals surface area contributed by atoms with E-state index in [1.165, 1.54) is 38.5 Å². The maximum atomic E-state index is 9.65. The molecule has 1 rings (SSSR count). The van der Waals surface area contributed by atoms with Crippen LogP contribution in [-0.2, 0) is 0 Å². The molecule has 0 amide bonds. The summed E-state index contributed by atoms with van der Waals surface area (Å²) in [4.78, 5) is 0. The molecule has 1 aliphatic carbocycles. The summed E-state index contributed by atoms with van der Waals surface area (Å²) in [7, 11) is 0. The average Bonchev–Trinajstić information content (AvgIpc) is 2.46. The first-order valence-corrected chi connectivity index (χ1v) is 6.59. The number of rotatable bonds is 5. The molecule has 0 aromatic carbocycles. The molecule has 2 nitrogen and oxygen atoms in total.